The fourth-order valence-corrected chi connectivity index (χ4v) is 3.85. The number of benzene rings is 2. The number of likely N-dealkylation sites (N-methyl/N-ethyl adjacent to an activating group) is 1. The second kappa shape index (κ2) is 10.3. The Morgan fingerprint density at radius 1 is 1.06 bits per heavy atom. The summed E-state index contributed by atoms with van der Waals surface area (Å²) in [6, 6.07) is 13.1. The third-order valence-electron chi connectivity index (χ3n) is 4.78. The van der Waals surface area contributed by atoms with Crippen molar-refractivity contribution in [2.75, 3.05) is 19.6 Å². The Morgan fingerprint density at radius 2 is 1.71 bits per heavy atom. The van der Waals surface area contributed by atoms with E-state index in [9.17, 15) is 18.8 Å². The van der Waals surface area contributed by atoms with E-state index in [1.54, 1.807) is 47.4 Å². The number of amides is 3. The molecule has 0 N–H and O–H groups in total. The SMILES string of the molecule is CCN(CC)C(=O)CN1C(=O)S/C(=C\c2ccc(OCc3ccc(F)cc3)cc2)C1=O. The predicted molar refractivity (Wildman–Crippen MR) is 118 cm³/mol. The zero-order chi connectivity index (χ0) is 22.4. The number of hydrogen-bond acceptors (Lipinski definition) is 5. The van der Waals surface area contributed by atoms with Gasteiger partial charge in [0.2, 0.25) is 5.91 Å². The van der Waals surface area contributed by atoms with Gasteiger partial charge in [0.1, 0.15) is 24.7 Å². The molecule has 1 heterocycles. The van der Waals surface area contributed by atoms with Crippen molar-refractivity contribution in [3.63, 3.8) is 0 Å². The standard InChI is InChI=1S/C23H23FN2O4S/c1-3-25(4-2)21(27)14-26-22(28)20(31-23(26)29)13-16-7-11-19(12-8-16)30-15-17-5-9-18(24)10-6-17/h5-13H,3-4,14-15H2,1-2H3/b20-13-. The van der Waals surface area contributed by atoms with Crippen molar-refractivity contribution >= 4 is 34.9 Å². The van der Waals surface area contributed by atoms with Crippen LogP contribution in [0.25, 0.3) is 6.08 Å². The topological polar surface area (TPSA) is 66.9 Å². The van der Waals surface area contributed by atoms with Crippen LogP contribution >= 0.6 is 11.8 Å². The van der Waals surface area contributed by atoms with Crippen molar-refractivity contribution in [1.82, 2.24) is 9.80 Å². The highest BCUT2D eigenvalue weighted by atomic mass is 32.2. The minimum absolute atomic E-state index is 0.250. The molecule has 0 aromatic heterocycles. The first kappa shape index (κ1) is 22.6. The molecule has 1 aliphatic heterocycles. The minimum atomic E-state index is -0.466. The van der Waals surface area contributed by atoms with Crippen molar-refractivity contribution in [3.8, 4) is 5.75 Å². The van der Waals surface area contributed by atoms with Gasteiger partial charge in [0.25, 0.3) is 11.1 Å². The van der Waals surface area contributed by atoms with Crippen LogP contribution in [0, 0.1) is 5.82 Å². The van der Waals surface area contributed by atoms with Crippen LogP contribution in [0.4, 0.5) is 9.18 Å². The molecule has 3 rings (SSSR count). The normalized spacial score (nSPS) is 14.9. The molecule has 0 bridgehead atoms. The monoisotopic (exact) mass is 442 g/mol. The number of rotatable bonds is 8. The molecular weight excluding hydrogens is 419 g/mol. The average Bonchev–Trinajstić information content (AvgIpc) is 3.02. The number of carbonyl (C=O) groups excluding carboxylic acids is 3. The molecule has 2 aromatic carbocycles. The van der Waals surface area contributed by atoms with Gasteiger partial charge in [0, 0.05) is 13.1 Å². The zero-order valence-electron chi connectivity index (χ0n) is 17.3. The second-order valence-corrected chi connectivity index (χ2v) is 7.81. The summed E-state index contributed by atoms with van der Waals surface area (Å²) in [5, 5.41) is -0.448. The van der Waals surface area contributed by atoms with Crippen LogP contribution in [0.1, 0.15) is 25.0 Å². The molecule has 0 spiro atoms. The van der Waals surface area contributed by atoms with Gasteiger partial charge in [-0.15, -0.1) is 0 Å². The summed E-state index contributed by atoms with van der Waals surface area (Å²) < 4.78 is 18.6. The number of nitrogens with zero attached hydrogens (tertiary/aromatic N) is 2. The Kier molecular flexibility index (Phi) is 7.46. The first-order chi connectivity index (χ1) is 14.9. The fraction of sp³-hybridized carbons (Fsp3) is 0.261. The maximum Gasteiger partial charge on any atom is 0.294 e. The third kappa shape index (κ3) is 5.73. The summed E-state index contributed by atoms with van der Waals surface area (Å²) in [4.78, 5) is 39.9. The van der Waals surface area contributed by atoms with E-state index in [0.29, 0.717) is 25.4 Å². The zero-order valence-corrected chi connectivity index (χ0v) is 18.2. The Hall–Kier alpha value is -3.13. The van der Waals surface area contributed by atoms with Crippen LogP contribution in [0.15, 0.2) is 53.4 Å². The van der Waals surface area contributed by atoms with Gasteiger partial charge in [-0.05, 0) is 67.1 Å². The van der Waals surface area contributed by atoms with Crippen LogP contribution in [0.5, 0.6) is 5.75 Å². The molecule has 0 unspecified atom stereocenters. The summed E-state index contributed by atoms with van der Waals surface area (Å²) in [5.74, 6) is -0.391. The summed E-state index contributed by atoms with van der Waals surface area (Å²) in [5.41, 5.74) is 1.58. The van der Waals surface area contributed by atoms with Crippen LogP contribution in [-0.4, -0.2) is 46.5 Å². The van der Waals surface area contributed by atoms with Crippen LogP contribution in [0.2, 0.25) is 0 Å². The Bertz CT molecular complexity index is 986. The van der Waals surface area contributed by atoms with E-state index in [0.717, 1.165) is 27.8 Å². The van der Waals surface area contributed by atoms with Crippen molar-refractivity contribution in [1.29, 1.82) is 0 Å². The molecule has 0 atom stereocenters. The first-order valence-corrected chi connectivity index (χ1v) is 10.7. The quantitative estimate of drug-likeness (QED) is 0.570. The van der Waals surface area contributed by atoms with Crippen molar-refractivity contribution in [2.45, 2.75) is 20.5 Å². The highest BCUT2D eigenvalue weighted by Crippen LogP contribution is 2.32. The lowest BCUT2D eigenvalue weighted by atomic mass is 10.2. The molecule has 31 heavy (non-hydrogen) atoms. The van der Waals surface area contributed by atoms with E-state index < -0.39 is 11.1 Å². The average molecular weight is 443 g/mol. The first-order valence-electron chi connectivity index (χ1n) is 9.91. The molecule has 0 aliphatic carbocycles. The van der Waals surface area contributed by atoms with E-state index in [1.807, 2.05) is 13.8 Å². The number of imide groups is 1. The van der Waals surface area contributed by atoms with Gasteiger partial charge >= 0.3 is 0 Å². The fourth-order valence-electron chi connectivity index (χ4n) is 3.01. The molecule has 162 valence electrons. The molecule has 8 heteroatoms. The molecule has 1 aliphatic rings. The summed E-state index contributed by atoms with van der Waals surface area (Å²) in [7, 11) is 0. The maximum atomic E-state index is 13.0. The van der Waals surface area contributed by atoms with Crippen LogP contribution < -0.4 is 4.74 Å². The van der Waals surface area contributed by atoms with Gasteiger partial charge in [-0.1, -0.05) is 24.3 Å². The number of ether oxygens (including phenoxy) is 1. The molecule has 6 nitrogen and oxygen atoms in total. The number of hydrogen-bond donors (Lipinski definition) is 0. The van der Waals surface area contributed by atoms with Gasteiger partial charge in [-0.3, -0.25) is 19.3 Å². The number of carbonyl (C=O) groups is 3. The maximum absolute atomic E-state index is 13.0. The minimum Gasteiger partial charge on any atom is -0.489 e. The molecular formula is C23H23FN2O4S. The lowest BCUT2D eigenvalue weighted by Gasteiger charge is -2.21. The smallest absolute Gasteiger partial charge is 0.294 e. The van der Waals surface area contributed by atoms with Crippen molar-refractivity contribution in [2.24, 2.45) is 0 Å². The van der Waals surface area contributed by atoms with Gasteiger partial charge in [0.15, 0.2) is 0 Å². The Labute approximate surface area is 184 Å². The van der Waals surface area contributed by atoms with Crippen molar-refractivity contribution < 1.29 is 23.5 Å². The summed E-state index contributed by atoms with van der Waals surface area (Å²) in [6.07, 6.45) is 1.62. The van der Waals surface area contributed by atoms with Crippen LogP contribution in [0.3, 0.4) is 0 Å². The van der Waals surface area contributed by atoms with E-state index in [-0.39, 0.29) is 23.2 Å². The largest absolute Gasteiger partial charge is 0.489 e. The highest BCUT2D eigenvalue weighted by molar-refractivity contribution is 8.18. The third-order valence-corrected chi connectivity index (χ3v) is 5.69. The molecule has 1 fully saturated rings. The Balaban J connectivity index is 1.62. The van der Waals surface area contributed by atoms with Gasteiger partial charge in [-0.2, -0.15) is 0 Å². The van der Waals surface area contributed by atoms with Gasteiger partial charge in [0.05, 0.1) is 4.91 Å². The Morgan fingerprint density at radius 3 is 2.32 bits per heavy atom. The van der Waals surface area contributed by atoms with E-state index in [1.165, 1.54) is 12.1 Å². The predicted octanol–water partition coefficient (Wildman–Crippen LogP) is 4.31. The van der Waals surface area contributed by atoms with E-state index in [2.05, 4.69) is 0 Å². The number of halogens is 1. The molecule has 2 aromatic rings. The van der Waals surface area contributed by atoms with E-state index >= 15 is 0 Å². The highest BCUT2D eigenvalue weighted by Gasteiger charge is 2.36. The lowest BCUT2D eigenvalue weighted by Crippen LogP contribution is -2.41. The molecule has 3 amide bonds. The summed E-state index contributed by atoms with van der Waals surface area (Å²) >= 11 is 0.824. The van der Waals surface area contributed by atoms with Gasteiger partial charge < -0.3 is 9.64 Å². The molecule has 0 saturated carbocycles. The van der Waals surface area contributed by atoms with Crippen LogP contribution in [-0.2, 0) is 16.2 Å². The van der Waals surface area contributed by atoms with Crippen molar-refractivity contribution in [3.05, 3.63) is 70.4 Å². The second-order valence-electron chi connectivity index (χ2n) is 6.82. The molecule has 1 saturated heterocycles. The van der Waals surface area contributed by atoms with E-state index in [4.69, 9.17) is 4.74 Å². The number of thioether (sulfide) groups is 1. The molecule has 0 radical (unpaired) electrons. The van der Waals surface area contributed by atoms with Gasteiger partial charge in [-0.25, -0.2) is 4.39 Å². The summed E-state index contributed by atoms with van der Waals surface area (Å²) in [6.45, 7) is 4.80. The lowest BCUT2D eigenvalue weighted by molar-refractivity contribution is -0.135.